The second kappa shape index (κ2) is 5.96. The van der Waals surface area contributed by atoms with Gasteiger partial charge in [-0.15, -0.1) is 11.6 Å². The van der Waals surface area contributed by atoms with E-state index in [1.54, 1.807) is 12.1 Å². The fourth-order valence-electron chi connectivity index (χ4n) is 1.41. The molecule has 15 heavy (non-hydrogen) atoms. The minimum Gasteiger partial charge on any atom is -0.487 e. The van der Waals surface area contributed by atoms with Gasteiger partial charge in [0, 0.05) is 5.56 Å². The van der Waals surface area contributed by atoms with E-state index in [2.05, 4.69) is 0 Å². The van der Waals surface area contributed by atoms with Crippen LogP contribution in [0, 0.1) is 5.82 Å². The monoisotopic (exact) mass is 230 g/mol. The average Bonchev–Trinajstić information content (AvgIpc) is 2.27. The van der Waals surface area contributed by atoms with E-state index in [1.165, 1.54) is 6.07 Å². The Balaban J connectivity index is 2.91. The highest BCUT2D eigenvalue weighted by Crippen LogP contribution is 2.26. The predicted molar refractivity (Wildman–Crippen MR) is 61.0 cm³/mol. The Bertz CT molecular complexity index is 310. The zero-order valence-electron chi connectivity index (χ0n) is 9.09. The fraction of sp³-hybridized carbons (Fsp3) is 0.500. The summed E-state index contributed by atoms with van der Waals surface area (Å²) in [4.78, 5) is 0. The molecule has 0 N–H and O–H groups in total. The number of para-hydroxylation sites is 1. The maximum atomic E-state index is 13.5. The van der Waals surface area contributed by atoms with E-state index in [-0.39, 0.29) is 17.8 Å². The summed E-state index contributed by atoms with van der Waals surface area (Å²) in [5.74, 6) is 0.244. The lowest BCUT2D eigenvalue weighted by Crippen LogP contribution is -2.15. The van der Waals surface area contributed by atoms with Crippen LogP contribution in [0.15, 0.2) is 18.2 Å². The minimum absolute atomic E-state index is 0.0591. The summed E-state index contributed by atoms with van der Waals surface area (Å²) in [5.41, 5.74) is 0.712. The predicted octanol–water partition coefficient (Wildman–Crippen LogP) is 4.13. The molecular formula is C12H16ClFO. The molecule has 0 saturated heterocycles. The molecule has 0 aliphatic rings. The summed E-state index contributed by atoms with van der Waals surface area (Å²) >= 11 is 5.73. The summed E-state index contributed by atoms with van der Waals surface area (Å²) in [7, 11) is 0. The largest absolute Gasteiger partial charge is 0.487 e. The number of alkyl halides is 1. The van der Waals surface area contributed by atoms with Gasteiger partial charge in [-0.1, -0.05) is 26.0 Å². The van der Waals surface area contributed by atoms with Crippen LogP contribution < -0.4 is 4.74 Å². The number of hydrogen-bond acceptors (Lipinski definition) is 1. The molecule has 1 aromatic rings. The smallest absolute Gasteiger partial charge is 0.165 e. The first-order chi connectivity index (χ1) is 7.22. The van der Waals surface area contributed by atoms with Crippen molar-refractivity contribution in [3.05, 3.63) is 29.6 Å². The molecule has 0 fully saturated rings. The van der Waals surface area contributed by atoms with Gasteiger partial charge in [0.25, 0.3) is 0 Å². The third-order valence-corrected chi connectivity index (χ3v) is 2.68. The van der Waals surface area contributed by atoms with Crippen molar-refractivity contribution in [2.45, 2.75) is 38.7 Å². The molecule has 0 heterocycles. The summed E-state index contributed by atoms with van der Waals surface area (Å²) in [6.07, 6.45) is 1.79. The SMILES string of the molecule is CCC(CC)Oc1c(F)cccc1CCl. The molecule has 0 saturated carbocycles. The van der Waals surface area contributed by atoms with Gasteiger partial charge in [-0.3, -0.25) is 0 Å². The van der Waals surface area contributed by atoms with Crippen LogP contribution in [0.1, 0.15) is 32.3 Å². The highest BCUT2D eigenvalue weighted by Gasteiger charge is 2.13. The minimum atomic E-state index is -0.333. The Morgan fingerprint density at radius 2 is 2.00 bits per heavy atom. The van der Waals surface area contributed by atoms with Crippen molar-refractivity contribution in [2.24, 2.45) is 0 Å². The Morgan fingerprint density at radius 1 is 1.33 bits per heavy atom. The molecule has 0 aliphatic carbocycles. The highest BCUT2D eigenvalue weighted by molar-refractivity contribution is 6.17. The quantitative estimate of drug-likeness (QED) is 0.691. The van der Waals surface area contributed by atoms with Gasteiger partial charge in [-0.05, 0) is 18.9 Å². The lowest BCUT2D eigenvalue weighted by atomic mass is 10.2. The van der Waals surface area contributed by atoms with Crippen LogP contribution >= 0.6 is 11.6 Å². The van der Waals surface area contributed by atoms with E-state index in [0.29, 0.717) is 11.3 Å². The van der Waals surface area contributed by atoms with Crippen molar-refractivity contribution in [3.63, 3.8) is 0 Å². The van der Waals surface area contributed by atoms with Gasteiger partial charge in [0.2, 0.25) is 0 Å². The van der Waals surface area contributed by atoms with Crippen LogP contribution in [0.5, 0.6) is 5.75 Å². The first-order valence-electron chi connectivity index (χ1n) is 5.22. The molecular weight excluding hydrogens is 215 g/mol. The van der Waals surface area contributed by atoms with E-state index in [4.69, 9.17) is 16.3 Å². The molecule has 0 amide bonds. The number of hydrogen-bond donors (Lipinski definition) is 0. The third kappa shape index (κ3) is 3.10. The lowest BCUT2D eigenvalue weighted by molar-refractivity contribution is 0.183. The molecule has 0 atom stereocenters. The van der Waals surface area contributed by atoms with Crippen molar-refractivity contribution in [1.29, 1.82) is 0 Å². The molecule has 0 aliphatic heterocycles. The second-order valence-corrected chi connectivity index (χ2v) is 3.69. The van der Waals surface area contributed by atoms with Crippen LogP contribution in [-0.4, -0.2) is 6.10 Å². The van der Waals surface area contributed by atoms with Gasteiger partial charge in [-0.25, -0.2) is 4.39 Å². The molecule has 0 bridgehead atoms. The van der Waals surface area contributed by atoms with Crippen LogP contribution in [0.4, 0.5) is 4.39 Å². The van der Waals surface area contributed by atoms with Gasteiger partial charge < -0.3 is 4.74 Å². The second-order valence-electron chi connectivity index (χ2n) is 3.42. The molecule has 1 nitrogen and oxygen atoms in total. The topological polar surface area (TPSA) is 9.23 Å². The highest BCUT2D eigenvalue weighted by atomic mass is 35.5. The first-order valence-corrected chi connectivity index (χ1v) is 5.76. The van der Waals surface area contributed by atoms with Crippen molar-refractivity contribution < 1.29 is 9.13 Å². The van der Waals surface area contributed by atoms with E-state index in [1.807, 2.05) is 13.8 Å². The van der Waals surface area contributed by atoms with Crippen molar-refractivity contribution in [3.8, 4) is 5.75 Å². The Hall–Kier alpha value is -0.760. The summed E-state index contributed by atoms with van der Waals surface area (Å²) in [6.45, 7) is 4.05. The number of rotatable bonds is 5. The van der Waals surface area contributed by atoms with Crippen molar-refractivity contribution >= 4 is 11.6 Å². The molecule has 84 valence electrons. The molecule has 1 aromatic carbocycles. The lowest BCUT2D eigenvalue weighted by Gasteiger charge is -2.18. The normalized spacial score (nSPS) is 10.7. The van der Waals surface area contributed by atoms with Crippen LogP contribution in [-0.2, 0) is 5.88 Å². The van der Waals surface area contributed by atoms with E-state index < -0.39 is 0 Å². The van der Waals surface area contributed by atoms with Crippen LogP contribution in [0.3, 0.4) is 0 Å². The van der Waals surface area contributed by atoms with E-state index >= 15 is 0 Å². The molecule has 0 aromatic heterocycles. The molecule has 1 rings (SSSR count). The van der Waals surface area contributed by atoms with Crippen LogP contribution in [0.2, 0.25) is 0 Å². The van der Waals surface area contributed by atoms with Gasteiger partial charge >= 0.3 is 0 Å². The number of benzene rings is 1. The van der Waals surface area contributed by atoms with Gasteiger partial charge in [-0.2, -0.15) is 0 Å². The molecule has 0 radical (unpaired) electrons. The fourth-order valence-corrected chi connectivity index (χ4v) is 1.62. The summed E-state index contributed by atoms with van der Waals surface area (Å²) in [6, 6.07) is 4.83. The zero-order chi connectivity index (χ0) is 11.3. The summed E-state index contributed by atoms with van der Waals surface area (Å²) in [5, 5.41) is 0. The van der Waals surface area contributed by atoms with Gasteiger partial charge in [0.15, 0.2) is 11.6 Å². The Kier molecular flexibility index (Phi) is 4.89. The molecule has 0 unspecified atom stereocenters. The number of ether oxygens (including phenoxy) is 1. The van der Waals surface area contributed by atoms with Crippen molar-refractivity contribution in [1.82, 2.24) is 0 Å². The summed E-state index contributed by atoms with van der Waals surface area (Å²) < 4.78 is 19.1. The molecule has 0 spiro atoms. The average molecular weight is 231 g/mol. The Labute approximate surface area is 95.2 Å². The maximum Gasteiger partial charge on any atom is 0.165 e. The van der Waals surface area contributed by atoms with E-state index in [0.717, 1.165) is 12.8 Å². The van der Waals surface area contributed by atoms with Gasteiger partial charge in [0.05, 0.1) is 12.0 Å². The third-order valence-electron chi connectivity index (χ3n) is 2.39. The number of halogens is 2. The Morgan fingerprint density at radius 3 is 2.53 bits per heavy atom. The van der Waals surface area contributed by atoms with Gasteiger partial charge in [0.1, 0.15) is 0 Å². The standard InChI is InChI=1S/C12H16ClFO/c1-3-10(4-2)15-12-9(8-13)6-5-7-11(12)14/h5-7,10H,3-4,8H2,1-2H3. The van der Waals surface area contributed by atoms with Crippen molar-refractivity contribution in [2.75, 3.05) is 0 Å². The van der Waals surface area contributed by atoms with Crippen LogP contribution in [0.25, 0.3) is 0 Å². The van der Waals surface area contributed by atoms with E-state index in [9.17, 15) is 4.39 Å². The molecule has 3 heteroatoms. The zero-order valence-corrected chi connectivity index (χ0v) is 9.85. The first kappa shape index (κ1) is 12.3. The maximum absolute atomic E-state index is 13.5.